The van der Waals surface area contributed by atoms with Gasteiger partial charge in [0.1, 0.15) is 0 Å². The Labute approximate surface area is 118 Å². The Morgan fingerprint density at radius 3 is 2.21 bits per heavy atom. The number of aliphatic hydroxyl groups excluding tert-OH is 1. The van der Waals surface area contributed by atoms with Crippen molar-refractivity contribution in [1.29, 1.82) is 5.41 Å². The average Bonchev–Trinajstić information content (AvgIpc) is 2.35. The van der Waals surface area contributed by atoms with Gasteiger partial charge < -0.3 is 10.8 Å². The number of nitrogens with zero attached hydrogens (tertiary/aromatic N) is 1. The first kappa shape index (κ1) is 18.4. The zero-order valence-corrected chi connectivity index (χ0v) is 13.2. The van der Waals surface area contributed by atoms with Crippen molar-refractivity contribution < 1.29 is 5.11 Å². The molecule has 0 saturated heterocycles. The third-order valence-corrected chi connectivity index (χ3v) is 4.07. The van der Waals surface area contributed by atoms with Gasteiger partial charge in [-0.1, -0.05) is 34.1 Å². The number of unbranched alkanes of at least 4 members (excludes halogenated alkanes) is 1. The van der Waals surface area contributed by atoms with Crippen LogP contribution in [0, 0.1) is 10.8 Å². The molecule has 0 aliphatic carbocycles. The van der Waals surface area contributed by atoms with Crippen molar-refractivity contribution in [2.24, 2.45) is 11.1 Å². The van der Waals surface area contributed by atoms with E-state index in [1.54, 1.807) is 0 Å². The van der Waals surface area contributed by atoms with Crippen molar-refractivity contribution >= 4 is 5.84 Å². The standard InChI is InChI=1S/C15H33N3O/c1-5-13(6-2)18(11-12-19)10-8-7-9-15(3,4)14(16)17/h13,19H,5-12H2,1-4H3,(H3,16,17). The molecule has 0 aromatic rings. The van der Waals surface area contributed by atoms with Gasteiger partial charge in [0.25, 0.3) is 0 Å². The van der Waals surface area contributed by atoms with E-state index < -0.39 is 0 Å². The first-order chi connectivity index (χ1) is 8.88. The van der Waals surface area contributed by atoms with Gasteiger partial charge in [0, 0.05) is 18.0 Å². The van der Waals surface area contributed by atoms with E-state index in [2.05, 4.69) is 18.7 Å². The van der Waals surface area contributed by atoms with Crippen molar-refractivity contribution in [3.63, 3.8) is 0 Å². The molecular formula is C15H33N3O. The molecule has 0 atom stereocenters. The highest BCUT2D eigenvalue weighted by Gasteiger charge is 2.21. The number of rotatable bonds is 11. The van der Waals surface area contributed by atoms with Crippen molar-refractivity contribution in [3.8, 4) is 0 Å². The normalized spacial score (nSPS) is 12.4. The summed E-state index contributed by atoms with van der Waals surface area (Å²) in [4.78, 5) is 2.39. The molecule has 0 heterocycles. The van der Waals surface area contributed by atoms with Gasteiger partial charge in [0.15, 0.2) is 0 Å². The third kappa shape index (κ3) is 6.92. The maximum Gasteiger partial charge on any atom is 0.0963 e. The fraction of sp³-hybridized carbons (Fsp3) is 0.933. The van der Waals surface area contributed by atoms with E-state index in [9.17, 15) is 0 Å². The summed E-state index contributed by atoms with van der Waals surface area (Å²) in [5.41, 5.74) is 5.41. The Balaban J connectivity index is 4.09. The van der Waals surface area contributed by atoms with Gasteiger partial charge in [0.05, 0.1) is 12.4 Å². The van der Waals surface area contributed by atoms with Crippen LogP contribution in [0.4, 0.5) is 0 Å². The second-order valence-electron chi connectivity index (χ2n) is 5.98. The molecule has 0 bridgehead atoms. The van der Waals surface area contributed by atoms with Gasteiger partial charge in [-0.25, -0.2) is 0 Å². The van der Waals surface area contributed by atoms with Crippen molar-refractivity contribution in [2.45, 2.75) is 65.8 Å². The lowest BCUT2D eigenvalue weighted by atomic mass is 9.86. The minimum atomic E-state index is -0.184. The maximum absolute atomic E-state index is 9.15. The largest absolute Gasteiger partial charge is 0.395 e. The summed E-state index contributed by atoms with van der Waals surface area (Å²) in [6.07, 6.45) is 5.41. The number of aliphatic hydroxyl groups is 1. The van der Waals surface area contributed by atoms with Crippen LogP contribution in [0.1, 0.15) is 59.8 Å². The number of nitrogens with two attached hydrogens (primary N) is 1. The predicted molar refractivity (Wildman–Crippen MR) is 82.6 cm³/mol. The second kappa shape index (κ2) is 9.32. The first-order valence-electron chi connectivity index (χ1n) is 7.58. The summed E-state index contributed by atoms with van der Waals surface area (Å²) in [7, 11) is 0. The Morgan fingerprint density at radius 2 is 1.79 bits per heavy atom. The summed E-state index contributed by atoms with van der Waals surface area (Å²) >= 11 is 0. The lowest BCUT2D eigenvalue weighted by Crippen LogP contribution is -2.37. The van der Waals surface area contributed by atoms with E-state index in [0.29, 0.717) is 6.04 Å². The van der Waals surface area contributed by atoms with E-state index in [4.69, 9.17) is 16.2 Å². The van der Waals surface area contributed by atoms with Crippen LogP contribution in [-0.4, -0.2) is 41.6 Å². The molecule has 0 amide bonds. The van der Waals surface area contributed by atoms with Crippen LogP contribution in [-0.2, 0) is 0 Å². The van der Waals surface area contributed by atoms with Crippen molar-refractivity contribution in [2.75, 3.05) is 19.7 Å². The molecule has 0 aromatic carbocycles. The third-order valence-electron chi connectivity index (χ3n) is 4.07. The fourth-order valence-electron chi connectivity index (χ4n) is 2.43. The molecule has 0 rings (SSSR count). The molecule has 0 aliphatic rings. The van der Waals surface area contributed by atoms with Crippen LogP contribution in [0.25, 0.3) is 0 Å². The van der Waals surface area contributed by atoms with Gasteiger partial charge >= 0.3 is 0 Å². The summed E-state index contributed by atoms with van der Waals surface area (Å²) in [6, 6.07) is 0.577. The molecule has 4 nitrogen and oxygen atoms in total. The number of amidine groups is 1. The van der Waals surface area contributed by atoms with Crippen molar-refractivity contribution in [1.82, 2.24) is 4.90 Å². The van der Waals surface area contributed by atoms with E-state index >= 15 is 0 Å². The Bertz CT molecular complexity index is 250. The Hall–Kier alpha value is -0.610. The molecule has 0 aromatic heterocycles. The quantitative estimate of drug-likeness (QED) is 0.307. The van der Waals surface area contributed by atoms with E-state index in [0.717, 1.165) is 45.2 Å². The zero-order valence-electron chi connectivity index (χ0n) is 13.2. The molecule has 0 fully saturated rings. The molecule has 0 unspecified atom stereocenters. The highest BCUT2D eigenvalue weighted by Crippen LogP contribution is 2.23. The predicted octanol–water partition coefficient (Wildman–Crippen LogP) is 2.60. The molecule has 4 heteroatoms. The number of hydrogen-bond acceptors (Lipinski definition) is 3. The summed E-state index contributed by atoms with van der Waals surface area (Å²) in [6.45, 7) is 10.5. The minimum absolute atomic E-state index is 0.184. The molecule has 114 valence electrons. The number of hydrogen-bond donors (Lipinski definition) is 3. The van der Waals surface area contributed by atoms with E-state index in [1.807, 2.05) is 13.8 Å². The van der Waals surface area contributed by atoms with Crippen LogP contribution >= 0.6 is 0 Å². The Kier molecular flexibility index (Phi) is 9.02. The topological polar surface area (TPSA) is 73.3 Å². The van der Waals surface area contributed by atoms with E-state index in [1.165, 1.54) is 0 Å². The highest BCUT2D eigenvalue weighted by atomic mass is 16.3. The average molecular weight is 271 g/mol. The second-order valence-corrected chi connectivity index (χ2v) is 5.98. The first-order valence-corrected chi connectivity index (χ1v) is 7.58. The highest BCUT2D eigenvalue weighted by molar-refractivity contribution is 5.82. The maximum atomic E-state index is 9.15. The zero-order chi connectivity index (χ0) is 14.9. The van der Waals surface area contributed by atoms with Gasteiger partial charge in [0.2, 0.25) is 0 Å². The SMILES string of the molecule is CCC(CC)N(CCO)CCCCC(C)(C)C(=N)N. The van der Waals surface area contributed by atoms with E-state index in [-0.39, 0.29) is 17.9 Å². The van der Waals surface area contributed by atoms with Crippen LogP contribution in [0.15, 0.2) is 0 Å². The smallest absolute Gasteiger partial charge is 0.0963 e. The van der Waals surface area contributed by atoms with Crippen LogP contribution in [0.2, 0.25) is 0 Å². The van der Waals surface area contributed by atoms with Crippen molar-refractivity contribution in [3.05, 3.63) is 0 Å². The molecule has 0 aliphatic heterocycles. The van der Waals surface area contributed by atoms with Crippen LogP contribution < -0.4 is 5.73 Å². The minimum Gasteiger partial charge on any atom is -0.395 e. The summed E-state index contributed by atoms with van der Waals surface area (Å²) < 4.78 is 0. The lowest BCUT2D eigenvalue weighted by molar-refractivity contribution is 0.140. The number of nitrogens with one attached hydrogen (secondary N) is 1. The van der Waals surface area contributed by atoms with Gasteiger partial charge in [-0.15, -0.1) is 0 Å². The van der Waals surface area contributed by atoms with Crippen LogP contribution in [0.5, 0.6) is 0 Å². The van der Waals surface area contributed by atoms with Gasteiger partial charge in [-0.3, -0.25) is 10.3 Å². The molecule has 0 radical (unpaired) electrons. The van der Waals surface area contributed by atoms with Gasteiger partial charge in [-0.05, 0) is 32.2 Å². The summed E-state index contributed by atoms with van der Waals surface area (Å²) in [5.74, 6) is 0.278. The lowest BCUT2D eigenvalue weighted by Gasteiger charge is -2.30. The molecular weight excluding hydrogens is 238 g/mol. The molecule has 0 saturated carbocycles. The van der Waals surface area contributed by atoms with Gasteiger partial charge in [-0.2, -0.15) is 0 Å². The Morgan fingerprint density at radius 1 is 1.21 bits per heavy atom. The monoisotopic (exact) mass is 271 g/mol. The van der Waals surface area contributed by atoms with Crippen LogP contribution in [0.3, 0.4) is 0 Å². The fourth-order valence-corrected chi connectivity index (χ4v) is 2.43. The summed E-state index contributed by atoms with van der Waals surface area (Å²) in [5, 5.41) is 16.7. The molecule has 0 spiro atoms. The molecule has 4 N–H and O–H groups in total. The molecule has 19 heavy (non-hydrogen) atoms.